The van der Waals surface area contributed by atoms with Crippen LogP contribution in [0.3, 0.4) is 0 Å². The van der Waals surface area contributed by atoms with Crippen LogP contribution < -0.4 is 0 Å². The van der Waals surface area contributed by atoms with Crippen LogP contribution in [-0.4, -0.2) is 11.9 Å². The number of allylic oxidation sites excluding steroid dienone is 5. The summed E-state index contributed by atoms with van der Waals surface area (Å²) < 4.78 is 0. The normalized spacial score (nSPS) is 19.3. The molecule has 2 aromatic carbocycles. The largest absolute Gasteiger partial charge is 0.347 e. The van der Waals surface area contributed by atoms with Gasteiger partial charge >= 0.3 is 0 Å². The first kappa shape index (κ1) is 22.4. The molecule has 4 rings (SSSR count). The average Bonchev–Trinajstić information content (AvgIpc) is 3.14. The Kier molecular flexibility index (Phi) is 6.62. The molecule has 0 bridgehead atoms. The molecular weight excluding hydrogens is 402 g/mol. The molecule has 1 heterocycles. The fraction of sp³-hybridized carbons (Fsp3) is 0.267. The Hall–Kier alpha value is -3.82. The fourth-order valence-corrected chi connectivity index (χ4v) is 5.11. The lowest BCUT2D eigenvalue weighted by Gasteiger charge is -2.29. The van der Waals surface area contributed by atoms with E-state index in [1.54, 1.807) is 0 Å². The zero-order valence-corrected chi connectivity index (χ0v) is 19.4. The third-order valence-corrected chi connectivity index (χ3v) is 6.83. The highest BCUT2D eigenvalue weighted by molar-refractivity contribution is 5.77. The van der Waals surface area contributed by atoms with E-state index < -0.39 is 0 Å². The van der Waals surface area contributed by atoms with Crippen LogP contribution in [0.1, 0.15) is 42.9 Å². The Morgan fingerprint density at radius 2 is 1.88 bits per heavy atom. The second kappa shape index (κ2) is 9.76. The summed E-state index contributed by atoms with van der Waals surface area (Å²) in [5.74, 6) is 0.684. The van der Waals surface area contributed by atoms with Crippen molar-refractivity contribution in [1.82, 2.24) is 4.90 Å². The lowest BCUT2D eigenvalue weighted by atomic mass is 9.78. The van der Waals surface area contributed by atoms with Crippen molar-refractivity contribution in [2.75, 3.05) is 7.05 Å². The van der Waals surface area contributed by atoms with E-state index in [1.807, 2.05) is 24.3 Å². The van der Waals surface area contributed by atoms with E-state index in [2.05, 4.69) is 80.1 Å². The maximum atomic E-state index is 9.43. The van der Waals surface area contributed by atoms with E-state index in [0.717, 1.165) is 48.1 Å². The molecule has 2 aromatic rings. The van der Waals surface area contributed by atoms with Crippen molar-refractivity contribution in [1.29, 1.82) is 10.5 Å². The molecule has 2 atom stereocenters. The standard InChI is InChI=1S/C30H29N3/c1-21(25-11-5-4-6-12-25)15-16-23-10-8-13-26(17-23)30-27(18-24(19-31)20-32)29-22(2)9-7-14-28(29)33(30)3/h4-6,8,10-14,17-18,22,29H,1,7,9,15-16H2,2-3H3. The van der Waals surface area contributed by atoms with E-state index in [-0.39, 0.29) is 11.5 Å². The molecule has 1 aliphatic heterocycles. The lowest BCUT2D eigenvalue weighted by Crippen LogP contribution is -2.21. The number of rotatable bonds is 6. The van der Waals surface area contributed by atoms with Gasteiger partial charge in [0.2, 0.25) is 0 Å². The molecule has 0 saturated carbocycles. The second-order valence-electron chi connectivity index (χ2n) is 8.98. The summed E-state index contributed by atoms with van der Waals surface area (Å²) in [7, 11) is 2.11. The molecule has 164 valence electrons. The molecule has 0 amide bonds. The molecule has 2 aliphatic rings. The minimum Gasteiger partial charge on any atom is -0.347 e. The lowest BCUT2D eigenvalue weighted by molar-refractivity contribution is 0.381. The van der Waals surface area contributed by atoms with Crippen LogP contribution in [-0.2, 0) is 6.42 Å². The number of aryl methyl sites for hydroxylation is 1. The molecule has 33 heavy (non-hydrogen) atoms. The van der Waals surface area contributed by atoms with Gasteiger partial charge in [-0.1, -0.05) is 68.1 Å². The summed E-state index contributed by atoms with van der Waals surface area (Å²) in [5.41, 5.74) is 8.34. The van der Waals surface area contributed by atoms with Gasteiger partial charge in [-0.25, -0.2) is 0 Å². The zero-order valence-electron chi connectivity index (χ0n) is 19.4. The van der Waals surface area contributed by atoms with Crippen LogP contribution in [0.15, 0.2) is 90.2 Å². The summed E-state index contributed by atoms with van der Waals surface area (Å²) in [5, 5.41) is 18.9. The smallest absolute Gasteiger partial charge is 0.130 e. The number of nitrogens with zero attached hydrogens (tertiary/aromatic N) is 3. The Morgan fingerprint density at radius 3 is 2.61 bits per heavy atom. The van der Waals surface area contributed by atoms with Gasteiger partial charge in [0.05, 0.1) is 5.70 Å². The minimum atomic E-state index is 0.158. The molecule has 1 aliphatic carbocycles. The van der Waals surface area contributed by atoms with E-state index in [9.17, 15) is 10.5 Å². The van der Waals surface area contributed by atoms with E-state index in [4.69, 9.17) is 0 Å². The highest BCUT2D eigenvalue weighted by Crippen LogP contribution is 2.48. The van der Waals surface area contributed by atoms with Gasteiger partial charge in [-0.05, 0) is 71.6 Å². The van der Waals surface area contributed by atoms with Crippen molar-refractivity contribution >= 4 is 11.3 Å². The van der Waals surface area contributed by atoms with Gasteiger partial charge in [0, 0.05) is 18.7 Å². The second-order valence-corrected chi connectivity index (χ2v) is 8.98. The van der Waals surface area contributed by atoms with Gasteiger partial charge in [0.15, 0.2) is 0 Å². The van der Waals surface area contributed by atoms with Crippen molar-refractivity contribution in [3.8, 4) is 12.1 Å². The third kappa shape index (κ3) is 4.55. The molecule has 0 radical (unpaired) electrons. The van der Waals surface area contributed by atoms with E-state index >= 15 is 0 Å². The van der Waals surface area contributed by atoms with Crippen LogP contribution in [0.4, 0.5) is 0 Å². The zero-order chi connectivity index (χ0) is 23.4. The van der Waals surface area contributed by atoms with Crippen LogP contribution in [0, 0.1) is 34.5 Å². The topological polar surface area (TPSA) is 50.8 Å². The summed E-state index contributed by atoms with van der Waals surface area (Å²) in [6, 6.07) is 23.1. The summed E-state index contributed by atoms with van der Waals surface area (Å²) in [6.45, 7) is 6.55. The van der Waals surface area contributed by atoms with E-state index in [0.29, 0.717) is 5.92 Å². The fourth-order valence-electron chi connectivity index (χ4n) is 5.11. The monoisotopic (exact) mass is 431 g/mol. The SMILES string of the molecule is C=C(CCc1cccc(C2=C(C=C(C#N)C#N)C3C(=CCCC3C)N2C)c1)c1ccccc1. The van der Waals surface area contributed by atoms with Crippen LogP contribution >= 0.6 is 0 Å². The maximum Gasteiger partial charge on any atom is 0.130 e. The average molecular weight is 432 g/mol. The van der Waals surface area contributed by atoms with Crippen LogP contribution in [0.5, 0.6) is 0 Å². The molecular formula is C30H29N3. The number of benzene rings is 2. The first-order valence-corrected chi connectivity index (χ1v) is 11.6. The van der Waals surface area contributed by atoms with Gasteiger partial charge in [0.25, 0.3) is 0 Å². The van der Waals surface area contributed by atoms with Gasteiger partial charge < -0.3 is 4.90 Å². The molecule has 0 fully saturated rings. The number of hydrogen-bond acceptors (Lipinski definition) is 3. The van der Waals surface area contributed by atoms with Gasteiger partial charge in [-0.15, -0.1) is 0 Å². The van der Waals surface area contributed by atoms with Crippen molar-refractivity contribution in [3.63, 3.8) is 0 Å². The summed E-state index contributed by atoms with van der Waals surface area (Å²) in [4.78, 5) is 2.26. The van der Waals surface area contributed by atoms with Crippen molar-refractivity contribution in [3.05, 3.63) is 107 Å². The number of hydrogen-bond donors (Lipinski definition) is 0. The van der Waals surface area contributed by atoms with Gasteiger partial charge in [-0.3, -0.25) is 0 Å². The molecule has 3 heteroatoms. The first-order chi connectivity index (χ1) is 16.0. The highest BCUT2D eigenvalue weighted by atomic mass is 15.2. The van der Waals surface area contributed by atoms with Gasteiger partial charge in [-0.2, -0.15) is 10.5 Å². The minimum absolute atomic E-state index is 0.158. The maximum absolute atomic E-state index is 9.43. The van der Waals surface area contributed by atoms with Crippen LogP contribution in [0.2, 0.25) is 0 Å². The van der Waals surface area contributed by atoms with Crippen molar-refractivity contribution < 1.29 is 0 Å². The first-order valence-electron chi connectivity index (χ1n) is 11.6. The van der Waals surface area contributed by atoms with Crippen molar-refractivity contribution in [2.24, 2.45) is 11.8 Å². The quantitative estimate of drug-likeness (QED) is 0.468. The Balaban J connectivity index is 1.69. The predicted octanol–water partition coefficient (Wildman–Crippen LogP) is 6.89. The summed E-state index contributed by atoms with van der Waals surface area (Å²) in [6.07, 6.45) is 8.11. The molecule has 3 nitrogen and oxygen atoms in total. The number of nitriles is 2. The van der Waals surface area contributed by atoms with E-state index in [1.165, 1.54) is 16.8 Å². The molecule has 0 spiro atoms. The molecule has 2 unspecified atom stereocenters. The van der Waals surface area contributed by atoms with Crippen molar-refractivity contribution in [2.45, 2.75) is 32.6 Å². The number of fused-ring (bicyclic) bond motifs is 1. The molecule has 0 aromatic heterocycles. The summed E-state index contributed by atoms with van der Waals surface area (Å²) >= 11 is 0. The Labute approximate surface area is 197 Å². The van der Waals surface area contributed by atoms with Gasteiger partial charge in [0.1, 0.15) is 17.7 Å². The predicted molar refractivity (Wildman–Crippen MR) is 134 cm³/mol. The van der Waals surface area contributed by atoms with Crippen LogP contribution in [0.25, 0.3) is 11.3 Å². The molecule has 0 N–H and O–H groups in total. The third-order valence-electron chi connectivity index (χ3n) is 6.83. The highest BCUT2D eigenvalue weighted by Gasteiger charge is 2.38. The molecule has 0 saturated heterocycles. The Bertz CT molecular complexity index is 1220. The Morgan fingerprint density at radius 1 is 1.12 bits per heavy atom.